The van der Waals surface area contributed by atoms with E-state index in [0.717, 1.165) is 29.7 Å². The number of aliphatic hydroxyl groups is 1. The lowest BCUT2D eigenvalue weighted by Gasteiger charge is -2.26. The molecule has 1 N–H and O–H groups in total. The summed E-state index contributed by atoms with van der Waals surface area (Å²) in [5, 5.41) is 11.5. The van der Waals surface area contributed by atoms with Crippen molar-refractivity contribution in [3.05, 3.63) is 64.7 Å². The minimum atomic E-state index is -0.431. The zero-order valence-electron chi connectivity index (χ0n) is 17.2. The summed E-state index contributed by atoms with van der Waals surface area (Å²) in [7, 11) is 2.06. The summed E-state index contributed by atoms with van der Waals surface area (Å²) >= 11 is 0. The second kappa shape index (κ2) is 7.52. The van der Waals surface area contributed by atoms with Crippen LogP contribution in [0.25, 0.3) is 22.2 Å². The van der Waals surface area contributed by atoms with Crippen LogP contribution >= 0.6 is 0 Å². The van der Waals surface area contributed by atoms with Gasteiger partial charge in [0.05, 0.1) is 36.6 Å². The second-order valence-corrected chi connectivity index (χ2v) is 8.62. The summed E-state index contributed by atoms with van der Waals surface area (Å²) in [5.41, 5.74) is 8.63. The van der Waals surface area contributed by atoms with Gasteiger partial charge in [0, 0.05) is 17.5 Å². The van der Waals surface area contributed by atoms with Crippen molar-refractivity contribution in [3.8, 4) is 11.3 Å². The van der Waals surface area contributed by atoms with Gasteiger partial charge in [-0.05, 0) is 74.2 Å². The minimum Gasteiger partial charge on any atom is -0.389 e. The Morgan fingerprint density at radius 3 is 2.69 bits per heavy atom. The fourth-order valence-electron chi connectivity index (χ4n) is 4.79. The largest absolute Gasteiger partial charge is 0.389 e. The Hall–Kier alpha value is -2.27. The monoisotopic (exact) mass is 388 g/mol. The topological polar surface area (TPSA) is 45.6 Å². The molecule has 2 aliphatic rings. The molecule has 29 heavy (non-hydrogen) atoms. The fraction of sp³-hybridized carbons (Fsp3) is 0.400. The third kappa shape index (κ3) is 3.57. The van der Waals surface area contributed by atoms with Crippen molar-refractivity contribution in [1.82, 2.24) is 9.88 Å². The highest BCUT2D eigenvalue weighted by Gasteiger charge is 2.30. The smallest absolute Gasteiger partial charge is 0.0950 e. The van der Waals surface area contributed by atoms with Crippen molar-refractivity contribution in [2.24, 2.45) is 0 Å². The van der Waals surface area contributed by atoms with Gasteiger partial charge in [-0.1, -0.05) is 23.8 Å². The maximum absolute atomic E-state index is 10.3. The summed E-state index contributed by atoms with van der Waals surface area (Å²) in [6.07, 6.45) is 3.15. The van der Waals surface area contributed by atoms with Crippen LogP contribution in [0.15, 0.2) is 42.5 Å². The van der Waals surface area contributed by atoms with Crippen molar-refractivity contribution < 1.29 is 9.84 Å². The van der Waals surface area contributed by atoms with Gasteiger partial charge in [0.2, 0.25) is 0 Å². The molecule has 1 aliphatic carbocycles. The van der Waals surface area contributed by atoms with E-state index >= 15 is 0 Å². The first kappa shape index (κ1) is 18.7. The molecule has 2 heterocycles. The lowest BCUT2D eigenvalue weighted by Crippen LogP contribution is -2.40. The molecule has 0 bridgehead atoms. The van der Waals surface area contributed by atoms with Crippen molar-refractivity contribution in [2.45, 2.75) is 44.9 Å². The standard InChI is InChI=1S/C25H28N2O2/c1-16-5-3-8-19(9-16)25-21(13-27(2)23-14-29-15-24(23)28)11-20-10-17-6-4-7-18(17)12-22(20)26-25/h3,5,8-12,23-24,28H,4,6-7,13-15H2,1-2H3/t23-,24-/m0/s1. The van der Waals surface area contributed by atoms with Gasteiger partial charge < -0.3 is 9.84 Å². The van der Waals surface area contributed by atoms with Crippen LogP contribution in [0.1, 0.15) is 28.7 Å². The molecule has 5 rings (SSSR count). The van der Waals surface area contributed by atoms with E-state index in [0.29, 0.717) is 13.2 Å². The fourth-order valence-corrected chi connectivity index (χ4v) is 4.79. The van der Waals surface area contributed by atoms with Crippen LogP contribution < -0.4 is 0 Å². The number of likely N-dealkylation sites (N-methyl/N-ethyl adjacent to an activating group) is 1. The zero-order chi connectivity index (χ0) is 20.0. The Labute approximate surface area is 172 Å². The van der Waals surface area contributed by atoms with Crippen molar-refractivity contribution in [3.63, 3.8) is 0 Å². The van der Waals surface area contributed by atoms with Gasteiger partial charge >= 0.3 is 0 Å². The number of nitrogens with zero attached hydrogens (tertiary/aromatic N) is 2. The first-order valence-corrected chi connectivity index (χ1v) is 10.6. The molecular weight excluding hydrogens is 360 g/mol. The van der Waals surface area contributed by atoms with Gasteiger partial charge in [-0.3, -0.25) is 4.90 Å². The number of benzene rings is 2. The van der Waals surface area contributed by atoms with E-state index in [1.54, 1.807) is 0 Å². The molecule has 2 atom stereocenters. The van der Waals surface area contributed by atoms with Crippen LogP contribution in [0, 0.1) is 6.92 Å². The Morgan fingerprint density at radius 1 is 1.10 bits per heavy atom. The molecule has 2 aromatic carbocycles. The highest BCUT2D eigenvalue weighted by Crippen LogP contribution is 2.32. The number of pyridine rings is 1. The van der Waals surface area contributed by atoms with Gasteiger partial charge in [-0.15, -0.1) is 0 Å². The Balaban J connectivity index is 1.61. The summed E-state index contributed by atoms with van der Waals surface area (Å²) in [5.74, 6) is 0. The summed E-state index contributed by atoms with van der Waals surface area (Å²) in [6.45, 7) is 3.84. The van der Waals surface area contributed by atoms with E-state index in [4.69, 9.17) is 9.72 Å². The van der Waals surface area contributed by atoms with Crippen LogP contribution in [0.2, 0.25) is 0 Å². The molecule has 0 saturated carbocycles. The van der Waals surface area contributed by atoms with E-state index < -0.39 is 6.10 Å². The molecule has 0 amide bonds. The molecule has 0 unspecified atom stereocenters. The minimum absolute atomic E-state index is 0.0241. The average Bonchev–Trinajstić information content (AvgIpc) is 3.34. The molecule has 1 aliphatic heterocycles. The van der Waals surface area contributed by atoms with Gasteiger partial charge in [0.15, 0.2) is 0 Å². The Morgan fingerprint density at radius 2 is 1.93 bits per heavy atom. The van der Waals surface area contributed by atoms with E-state index in [1.807, 2.05) is 0 Å². The highest BCUT2D eigenvalue weighted by molar-refractivity contribution is 5.85. The molecule has 0 radical (unpaired) electrons. The normalized spacial score (nSPS) is 21.2. The molecule has 1 saturated heterocycles. The number of hydrogen-bond donors (Lipinski definition) is 1. The molecule has 150 valence electrons. The predicted octanol–water partition coefficient (Wildman–Crippen LogP) is 3.89. The van der Waals surface area contributed by atoms with Gasteiger partial charge in [-0.2, -0.15) is 0 Å². The van der Waals surface area contributed by atoms with E-state index in [-0.39, 0.29) is 6.04 Å². The zero-order valence-corrected chi connectivity index (χ0v) is 17.2. The van der Waals surface area contributed by atoms with Crippen LogP contribution in [0.4, 0.5) is 0 Å². The average molecular weight is 389 g/mol. The number of fused-ring (bicyclic) bond motifs is 2. The number of aliphatic hydroxyl groups excluding tert-OH is 1. The van der Waals surface area contributed by atoms with E-state index in [2.05, 4.69) is 61.3 Å². The molecule has 4 heteroatoms. The number of rotatable bonds is 4. The number of aryl methyl sites for hydroxylation is 3. The van der Waals surface area contributed by atoms with Crippen LogP contribution in [-0.4, -0.2) is 47.4 Å². The second-order valence-electron chi connectivity index (χ2n) is 8.62. The van der Waals surface area contributed by atoms with Gasteiger partial charge in [0.1, 0.15) is 0 Å². The molecule has 4 nitrogen and oxygen atoms in total. The molecule has 3 aromatic rings. The van der Waals surface area contributed by atoms with Crippen LogP contribution in [0.3, 0.4) is 0 Å². The maximum atomic E-state index is 10.3. The third-order valence-corrected chi connectivity index (χ3v) is 6.41. The van der Waals surface area contributed by atoms with E-state index in [1.165, 1.54) is 40.5 Å². The van der Waals surface area contributed by atoms with Gasteiger partial charge in [0.25, 0.3) is 0 Å². The summed E-state index contributed by atoms with van der Waals surface area (Å²) in [4.78, 5) is 7.34. The maximum Gasteiger partial charge on any atom is 0.0950 e. The molecule has 1 aromatic heterocycles. The van der Waals surface area contributed by atoms with E-state index in [9.17, 15) is 5.11 Å². The molecule has 0 spiro atoms. The SMILES string of the molecule is Cc1cccc(-c2nc3cc4c(cc3cc2CN(C)[C@H]2COC[C@@H]2O)CCC4)c1. The predicted molar refractivity (Wildman–Crippen MR) is 116 cm³/mol. The van der Waals surface area contributed by atoms with Crippen molar-refractivity contribution in [1.29, 1.82) is 0 Å². The number of aromatic nitrogens is 1. The van der Waals surface area contributed by atoms with Crippen molar-refractivity contribution in [2.75, 3.05) is 20.3 Å². The van der Waals surface area contributed by atoms with Gasteiger partial charge in [-0.25, -0.2) is 4.98 Å². The summed E-state index contributed by atoms with van der Waals surface area (Å²) in [6, 6.07) is 15.5. The first-order valence-electron chi connectivity index (χ1n) is 10.6. The highest BCUT2D eigenvalue weighted by atomic mass is 16.5. The summed E-state index contributed by atoms with van der Waals surface area (Å²) < 4.78 is 5.47. The van der Waals surface area contributed by atoms with Crippen LogP contribution in [0.5, 0.6) is 0 Å². The lowest BCUT2D eigenvalue weighted by molar-refractivity contribution is 0.0926. The molecule has 1 fully saturated rings. The van der Waals surface area contributed by atoms with Crippen LogP contribution in [-0.2, 0) is 24.1 Å². The Bertz CT molecular complexity index is 1060. The third-order valence-electron chi connectivity index (χ3n) is 6.41. The number of hydrogen-bond acceptors (Lipinski definition) is 4. The number of ether oxygens (including phenoxy) is 1. The quantitative estimate of drug-likeness (QED) is 0.737. The first-order chi connectivity index (χ1) is 14.1. The molecular formula is C25H28N2O2. The lowest BCUT2D eigenvalue weighted by atomic mass is 9.99. The Kier molecular flexibility index (Phi) is 4.86. The van der Waals surface area contributed by atoms with Crippen molar-refractivity contribution >= 4 is 10.9 Å².